The Morgan fingerprint density at radius 1 is 1.31 bits per heavy atom. The number of nitrogens with one attached hydrogen (secondary N) is 1. The van der Waals surface area contributed by atoms with E-state index in [9.17, 15) is 14.9 Å². The molecule has 32 heavy (non-hydrogen) atoms. The molecule has 1 N–H and O–H groups in total. The van der Waals surface area contributed by atoms with Crippen LogP contribution >= 0.6 is 23.4 Å². The van der Waals surface area contributed by atoms with E-state index in [-0.39, 0.29) is 22.4 Å². The molecular formula is C21H20ClN5O4S. The fraction of sp³-hybridized carbons (Fsp3) is 0.190. The molecule has 0 atom stereocenters. The lowest BCUT2D eigenvalue weighted by Gasteiger charge is -2.09. The lowest BCUT2D eigenvalue weighted by atomic mass is 10.1. The number of hydrogen-bond donors (Lipinski definition) is 1. The first-order valence-corrected chi connectivity index (χ1v) is 10.8. The van der Waals surface area contributed by atoms with Crippen LogP contribution < -0.4 is 10.1 Å². The molecule has 0 bridgehead atoms. The van der Waals surface area contributed by atoms with Gasteiger partial charge in [-0.3, -0.25) is 14.9 Å². The Labute approximate surface area is 193 Å². The number of aromatic nitrogens is 3. The molecule has 0 saturated carbocycles. The van der Waals surface area contributed by atoms with Gasteiger partial charge in [-0.25, -0.2) is 0 Å². The Kier molecular flexibility index (Phi) is 7.85. The molecule has 11 heteroatoms. The second-order valence-corrected chi connectivity index (χ2v) is 7.93. The number of methoxy groups -OCH3 is 1. The molecule has 3 aromatic rings. The first-order chi connectivity index (χ1) is 15.4. The molecule has 0 unspecified atom stereocenters. The van der Waals surface area contributed by atoms with Gasteiger partial charge >= 0.3 is 0 Å². The van der Waals surface area contributed by atoms with E-state index in [1.165, 1.54) is 30.0 Å². The van der Waals surface area contributed by atoms with Gasteiger partial charge in [0.2, 0.25) is 5.91 Å². The molecule has 0 radical (unpaired) electrons. The molecule has 1 aromatic heterocycles. The highest BCUT2D eigenvalue weighted by molar-refractivity contribution is 7.99. The second-order valence-electron chi connectivity index (χ2n) is 6.58. The molecule has 0 saturated heterocycles. The van der Waals surface area contributed by atoms with Crippen molar-refractivity contribution in [3.63, 3.8) is 0 Å². The van der Waals surface area contributed by atoms with E-state index in [0.717, 1.165) is 17.1 Å². The maximum absolute atomic E-state index is 12.4. The third-order valence-corrected chi connectivity index (χ3v) is 5.67. The Bertz CT molecular complexity index is 1130. The lowest BCUT2D eigenvalue weighted by Crippen LogP contribution is -2.15. The smallest absolute Gasteiger partial charge is 0.289 e. The largest absolute Gasteiger partial charge is 0.497 e. The predicted molar refractivity (Wildman–Crippen MR) is 123 cm³/mol. The Hall–Kier alpha value is -3.37. The molecule has 0 fully saturated rings. The van der Waals surface area contributed by atoms with Gasteiger partial charge in [-0.05, 0) is 29.8 Å². The molecular weight excluding hydrogens is 454 g/mol. The van der Waals surface area contributed by atoms with Crippen LogP contribution in [0, 0.1) is 10.1 Å². The maximum atomic E-state index is 12.4. The van der Waals surface area contributed by atoms with Crippen molar-refractivity contribution in [2.75, 3.05) is 18.2 Å². The highest BCUT2D eigenvalue weighted by atomic mass is 35.5. The molecule has 1 heterocycles. The summed E-state index contributed by atoms with van der Waals surface area (Å²) < 4.78 is 7.07. The zero-order valence-electron chi connectivity index (χ0n) is 17.2. The molecule has 1 amide bonds. The van der Waals surface area contributed by atoms with Gasteiger partial charge in [0.1, 0.15) is 16.6 Å². The highest BCUT2D eigenvalue weighted by Gasteiger charge is 2.16. The number of nitro groups is 1. The monoisotopic (exact) mass is 473 g/mol. The van der Waals surface area contributed by atoms with Crippen LogP contribution in [0.4, 0.5) is 11.4 Å². The summed E-state index contributed by atoms with van der Waals surface area (Å²) >= 11 is 7.02. The van der Waals surface area contributed by atoms with Crippen LogP contribution in [0.1, 0.15) is 11.4 Å². The van der Waals surface area contributed by atoms with Crippen LogP contribution in [0.25, 0.3) is 0 Å². The van der Waals surface area contributed by atoms with Crippen molar-refractivity contribution in [1.82, 2.24) is 14.8 Å². The van der Waals surface area contributed by atoms with Crippen LogP contribution in [0.3, 0.4) is 0 Å². The van der Waals surface area contributed by atoms with Gasteiger partial charge in [-0.1, -0.05) is 41.6 Å². The van der Waals surface area contributed by atoms with Crippen molar-refractivity contribution < 1.29 is 14.5 Å². The van der Waals surface area contributed by atoms with Crippen LogP contribution in [0.2, 0.25) is 5.02 Å². The summed E-state index contributed by atoms with van der Waals surface area (Å²) in [6, 6.07) is 11.8. The average molecular weight is 474 g/mol. The number of benzene rings is 2. The quantitative estimate of drug-likeness (QED) is 0.201. The summed E-state index contributed by atoms with van der Waals surface area (Å²) in [5.74, 6) is 1.23. The van der Waals surface area contributed by atoms with E-state index >= 15 is 0 Å². The lowest BCUT2D eigenvalue weighted by molar-refractivity contribution is -0.384. The topological polar surface area (TPSA) is 112 Å². The standard InChI is InChI=1S/C21H20ClN5O4S/c1-3-10-26-19(11-14-4-7-16(31-2)8-5-14)24-25-21(26)32-13-20(28)23-15-6-9-17(22)18(12-15)27(29)30/h3-9,12H,1,10-11,13H2,2H3,(H,23,28). The number of thioether (sulfide) groups is 1. The number of amides is 1. The van der Waals surface area contributed by atoms with E-state index < -0.39 is 4.92 Å². The van der Waals surface area contributed by atoms with Crippen molar-refractivity contribution in [3.8, 4) is 5.75 Å². The predicted octanol–water partition coefficient (Wildman–Crippen LogP) is 4.36. The van der Waals surface area contributed by atoms with E-state index in [1.807, 2.05) is 28.8 Å². The normalized spacial score (nSPS) is 10.6. The SMILES string of the molecule is C=CCn1c(Cc2ccc(OC)cc2)nnc1SCC(=O)Nc1ccc(Cl)c([N+](=O)[O-])c1. The maximum Gasteiger partial charge on any atom is 0.289 e. The summed E-state index contributed by atoms with van der Waals surface area (Å²) in [7, 11) is 1.61. The number of hydrogen-bond acceptors (Lipinski definition) is 7. The summed E-state index contributed by atoms with van der Waals surface area (Å²) in [6.07, 6.45) is 2.30. The summed E-state index contributed by atoms with van der Waals surface area (Å²) in [4.78, 5) is 22.8. The van der Waals surface area contributed by atoms with Gasteiger partial charge in [0.05, 0.1) is 17.8 Å². The van der Waals surface area contributed by atoms with E-state index in [4.69, 9.17) is 16.3 Å². The number of nitrogens with zero attached hydrogens (tertiary/aromatic N) is 4. The number of anilines is 1. The summed E-state index contributed by atoms with van der Waals surface area (Å²) in [6.45, 7) is 4.27. The van der Waals surface area contributed by atoms with Crippen LogP contribution in [-0.4, -0.2) is 38.5 Å². The van der Waals surface area contributed by atoms with Gasteiger partial charge in [-0.2, -0.15) is 0 Å². The van der Waals surface area contributed by atoms with Crippen LogP contribution in [-0.2, 0) is 17.8 Å². The minimum absolute atomic E-state index is 0.00397. The van der Waals surface area contributed by atoms with E-state index in [1.54, 1.807) is 13.2 Å². The highest BCUT2D eigenvalue weighted by Crippen LogP contribution is 2.27. The molecule has 0 aliphatic rings. The number of ether oxygens (including phenoxy) is 1. The third kappa shape index (κ3) is 5.86. The molecule has 3 rings (SSSR count). The fourth-order valence-electron chi connectivity index (χ4n) is 2.85. The molecule has 9 nitrogen and oxygen atoms in total. The molecule has 166 valence electrons. The number of carbonyl (C=O) groups excluding carboxylic acids is 1. The van der Waals surface area contributed by atoms with E-state index in [0.29, 0.717) is 23.8 Å². The molecule has 0 aliphatic carbocycles. The summed E-state index contributed by atoms with van der Waals surface area (Å²) in [5, 5.41) is 22.7. The number of carbonyl (C=O) groups is 1. The molecule has 0 aliphatic heterocycles. The van der Waals surface area contributed by atoms with Gasteiger partial charge < -0.3 is 14.6 Å². The first-order valence-electron chi connectivity index (χ1n) is 9.43. The second kappa shape index (κ2) is 10.8. The number of nitro benzene ring substituents is 1. The van der Waals surface area contributed by atoms with Crippen LogP contribution in [0.15, 0.2) is 60.3 Å². The van der Waals surface area contributed by atoms with Crippen molar-refractivity contribution in [1.29, 1.82) is 0 Å². The Morgan fingerprint density at radius 3 is 2.72 bits per heavy atom. The van der Waals surface area contributed by atoms with Crippen molar-refractivity contribution in [2.45, 2.75) is 18.1 Å². The minimum atomic E-state index is -0.602. The van der Waals surface area contributed by atoms with Gasteiger partial charge in [0.15, 0.2) is 5.16 Å². The minimum Gasteiger partial charge on any atom is -0.497 e. The zero-order chi connectivity index (χ0) is 23.1. The van der Waals surface area contributed by atoms with Crippen molar-refractivity contribution >= 4 is 40.6 Å². The van der Waals surface area contributed by atoms with Crippen LogP contribution in [0.5, 0.6) is 5.75 Å². The third-order valence-electron chi connectivity index (χ3n) is 4.39. The van der Waals surface area contributed by atoms with Gasteiger partial charge in [0.25, 0.3) is 5.69 Å². The van der Waals surface area contributed by atoms with Gasteiger partial charge in [-0.15, -0.1) is 16.8 Å². The first kappa shape index (κ1) is 23.3. The number of allylic oxidation sites excluding steroid dienone is 1. The average Bonchev–Trinajstić information content (AvgIpc) is 3.15. The summed E-state index contributed by atoms with van der Waals surface area (Å²) in [5.41, 5.74) is 1.06. The number of rotatable bonds is 10. The number of halogens is 1. The van der Waals surface area contributed by atoms with Crippen molar-refractivity contribution in [3.05, 3.63) is 81.6 Å². The Morgan fingerprint density at radius 2 is 2.06 bits per heavy atom. The van der Waals surface area contributed by atoms with E-state index in [2.05, 4.69) is 22.1 Å². The molecule has 2 aromatic carbocycles. The fourth-order valence-corrected chi connectivity index (χ4v) is 3.81. The molecule has 0 spiro atoms. The van der Waals surface area contributed by atoms with Crippen molar-refractivity contribution in [2.24, 2.45) is 0 Å². The zero-order valence-corrected chi connectivity index (χ0v) is 18.7. The Balaban J connectivity index is 1.66. The van der Waals surface area contributed by atoms with Gasteiger partial charge in [0, 0.05) is 24.7 Å².